The number of hydrogen-bond donors (Lipinski definition) is 1. The second-order valence-corrected chi connectivity index (χ2v) is 9.12. The number of piperidine rings is 1. The van der Waals surface area contributed by atoms with Gasteiger partial charge in [0, 0.05) is 57.0 Å². The molecule has 3 heterocycles. The van der Waals surface area contributed by atoms with E-state index in [1.165, 1.54) is 5.56 Å². The average molecular weight is 389 g/mol. The number of nitrogens with zero attached hydrogens (tertiary/aromatic N) is 3. The Morgan fingerprint density at radius 2 is 2.11 bits per heavy atom. The summed E-state index contributed by atoms with van der Waals surface area (Å²) in [4.78, 5) is 14.4. The van der Waals surface area contributed by atoms with Gasteiger partial charge >= 0.3 is 0 Å². The van der Waals surface area contributed by atoms with Crippen LogP contribution in [0.1, 0.15) is 63.1 Å². The van der Waals surface area contributed by atoms with Crippen molar-refractivity contribution < 1.29 is 9.53 Å². The van der Waals surface area contributed by atoms with Gasteiger partial charge in [0.2, 0.25) is 5.91 Å². The first-order chi connectivity index (χ1) is 13.6. The van der Waals surface area contributed by atoms with E-state index < -0.39 is 0 Å². The maximum absolute atomic E-state index is 11.8. The fourth-order valence-electron chi connectivity index (χ4n) is 4.85. The number of aromatic nitrogens is 2. The molecule has 2 saturated heterocycles. The maximum atomic E-state index is 11.8. The van der Waals surface area contributed by atoms with Crippen LogP contribution < -0.4 is 5.32 Å². The molecular formula is C22H36N4O2. The molecule has 1 aliphatic carbocycles. The third-order valence-corrected chi connectivity index (χ3v) is 6.93. The summed E-state index contributed by atoms with van der Waals surface area (Å²) in [6.45, 7) is 10.1. The lowest BCUT2D eigenvalue weighted by atomic mass is 9.78. The third-order valence-electron chi connectivity index (χ3n) is 6.93. The maximum Gasteiger partial charge on any atom is 0.223 e. The lowest BCUT2D eigenvalue weighted by Crippen LogP contribution is -2.49. The van der Waals surface area contributed by atoms with E-state index in [2.05, 4.69) is 35.4 Å². The van der Waals surface area contributed by atoms with Gasteiger partial charge in [0.1, 0.15) is 0 Å². The Balaban J connectivity index is 1.23. The van der Waals surface area contributed by atoms with E-state index in [9.17, 15) is 4.79 Å². The first-order valence-corrected chi connectivity index (χ1v) is 11.2. The molecule has 1 amide bonds. The van der Waals surface area contributed by atoms with Crippen molar-refractivity contribution in [2.75, 3.05) is 26.2 Å². The minimum Gasteiger partial charge on any atom is -0.375 e. The zero-order valence-corrected chi connectivity index (χ0v) is 17.6. The molecule has 28 heavy (non-hydrogen) atoms. The highest BCUT2D eigenvalue weighted by molar-refractivity contribution is 5.80. The number of likely N-dealkylation sites (tertiary alicyclic amines) is 1. The van der Waals surface area contributed by atoms with Crippen molar-refractivity contribution in [1.82, 2.24) is 20.0 Å². The quantitative estimate of drug-likeness (QED) is 0.780. The molecular weight excluding hydrogens is 352 g/mol. The van der Waals surface area contributed by atoms with Crippen LogP contribution in [0.15, 0.2) is 6.20 Å². The van der Waals surface area contributed by atoms with Crippen molar-refractivity contribution >= 4 is 5.91 Å². The molecule has 0 bridgehead atoms. The summed E-state index contributed by atoms with van der Waals surface area (Å²) in [6.07, 6.45) is 10.0. The monoisotopic (exact) mass is 388 g/mol. The van der Waals surface area contributed by atoms with Crippen LogP contribution in [0.5, 0.6) is 0 Å². The van der Waals surface area contributed by atoms with Crippen molar-refractivity contribution in [3.05, 3.63) is 17.5 Å². The highest BCUT2D eigenvalue weighted by Gasteiger charge is 2.40. The van der Waals surface area contributed by atoms with Crippen molar-refractivity contribution in [2.24, 2.45) is 11.8 Å². The third kappa shape index (κ3) is 4.77. The van der Waals surface area contributed by atoms with Gasteiger partial charge in [-0.25, -0.2) is 0 Å². The molecule has 0 aromatic carbocycles. The Bertz CT molecular complexity index is 674. The van der Waals surface area contributed by atoms with Gasteiger partial charge in [0.15, 0.2) is 0 Å². The van der Waals surface area contributed by atoms with E-state index in [0.29, 0.717) is 11.8 Å². The molecule has 1 N–H and O–H groups in total. The molecule has 6 nitrogen and oxygen atoms in total. The Kier molecular flexibility index (Phi) is 6.07. The van der Waals surface area contributed by atoms with E-state index in [-0.39, 0.29) is 11.5 Å². The zero-order valence-electron chi connectivity index (χ0n) is 17.6. The lowest BCUT2D eigenvalue weighted by Gasteiger charge is -2.46. The van der Waals surface area contributed by atoms with Gasteiger partial charge in [-0.1, -0.05) is 0 Å². The van der Waals surface area contributed by atoms with Gasteiger partial charge in [-0.3, -0.25) is 14.4 Å². The Labute approximate surface area is 169 Å². The minimum absolute atomic E-state index is 0.0720. The molecule has 6 heteroatoms. The number of rotatable bonds is 7. The topological polar surface area (TPSA) is 59.4 Å². The molecule has 1 spiro atoms. The van der Waals surface area contributed by atoms with Crippen LogP contribution in [-0.4, -0.2) is 52.4 Å². The average Bonchev–Trinajstić information content (AvgIpc) is 3.48. The fraction of sp³-hybridized carbons (Fsp3) is 0.818. The number of amides is 1. The van der Waals surface area contributed by atoms with Gasteiger partial charge < -0.3 is 10.1 Å². The number of nitrogens with one attached hydrogen (secondary N) is 1. The van der Waals surface area contributed by atoms with Crippen LogP contribution in [0, 0.1) is 18.8 Å². The normalized spacial score (nSPS) is 25.1. The largest absolute Gasteiger partial charge is 0.375 e. The number of ether oxygens (including phenoxy) is 1. The lowest BCUT2D eigenvalue weighted by molar-refractivity contribution is -0.129. The Morgan fingerprint density at radius 1 is 1.32 bits per heavy atom. The van der Waals surface area contributed by atoms with E-state index >= 15 is 0 Å². The van der Waals surface area contributed by atoms with Gasteiger partial charge in [0.05, 0.1) is 11.3 Å². The summed E-state index contributed by atoms with van der Waals surface area (Å²) < 4.78 is 8.36. The molecule has 4 rings (SSSR count). The molecule has 156 valence electrons. The smallest absolute Gasteiger partial charge is 0.223 e. The first-order valence-electron chi connectivity index (χ1n) is 11.2. The van der Waals surface area contributed by atoms with E-state index in [0.717, 1.165) is 90.0 Å². The highest BCUT2D eigenvalue weighted by atomic mass is 16.5. The minimum atomic E-state index is 0.0720. The Morgan fingerprint density at radius 3 is 2.79 bits per heavy atom. The second-order valence-electron chi connectivity index (χ2n) is 9.12. The van der Waals surface area contributed by atoms with Gasteiger partial charge in [-0.05, 0) is 64.7 Å². The molecule has 1 aromatic heterocycles. The molecule has 3 aliphatic rings. The predicted molar refractivity (Wildman–Crippen MR) is 109 cm³/mol. The van der Waals surface area contributed by atoms with Crippen molar-refractivity contribution in [3.63, 3.8) is 0 Å². The van der Waals surface area contributed by atoms with Crippen molar-refractivity contribution in [2.45, 2.75) is 77.5 Å². The number of carbonyl (C=O) groups is 1. The summed E-state index contributed by atoms with van der Waals surface area (Å²) >= 11 is 0. The molecule has 2 aliphatic heterocycles. The van der Waals surface area contributed by atoms with Crippen LogP contribution in [-0.2, 0) is 22.6 Å². The van der Waals surface area contributed by atoms with Crippen LogP contribution in [0.2, 0.25) is 0 Å². The standard InChI is InChI=1S/C22H36N4O2/c1-3-26-16-20(17(2)24-26)15-25-11-8-22(9-12-25)14-18(7-13-28-22)6-10-23-21(27)19-4-5-19/h16,18-19H,3-15H2,1-2H3,(H,23,27). The predicted octanol–water partition coefficient (Wildman–Crippen LogP) is 2.89. The highest BCUT2D eigenvalue weighted by Crippen LogP contribution is 2.39. The second kappa shape index (κ2) is 8.54. The fourth-order valence-corrected chi connectivity index (χ4v) is 4.85. The van der Waals surface area contributed by atoms with E-state index in [1.54, 1.807) is 0 Å². The Hall–Kier alpha value is -1.40. The summed E-state index contributed by atoms with van der Waals surface area (Å²) in [5.41, 5.74) is 2.58. The van der Waals surface area contributed by atoms with Crippen molar-refractivity contribution in [1.29, 1.82) is 0 Å². The number of hydrogen-bond acceptors (Lipinski definition) is 4. The summed E-state index contributed by atoms with van der Waals surface area (Å²) in [7, 11) is 0. The molecule has 3 fully saturated rings. The molecule has 1 unspecified atom stereocenters. The van der Waals surface area contributed by atoms with Crippen LogP contribution in [0.3, 0.4) is 0 Å². The summed E-state index contributed by atoms with van der Waals surface area (Å²) in [6, 6.07) is 0. The molecule has 1 atom stereocenters. The van der Waals surface area contributed by atoms with Crippen LogP contribution in [0.4, 0.5) is 0 Å². The van der Waals surface area contributed by atoms with Crippen LogP contribution >= 0.6 is 0 Å². The summed E-state index contributed by atoms with van der Waals surface area (Å²) in [5, 5.41) is 7.71. The molecule has 1 aromatic rings. The van der Waals surface area contributed by atoms with Gasteiger partial charge in [-0.15, -0.1) is 0 Å². The van der Waals surface area contributed by atoms with Gasteiger partial charge in [0.25, 0.3) is 0 Å². The van der Waals surface area contributed by atoms with E-state index in [4.69, 9.17) is 4.74 Å². The first kappa shape index (κ1) is 19.9. The van der Waals surface area contributed by atoms with Crippen LogP contribution in [0.25, 0.3) is 0 Å². The summed E-state index contributed by atoms with van der Waals surface area (Å²) in [5.74, 6) is 1.28. The SMILES string of the molecule is CCn1cc(CN2CCC3(CC2)CC(CCNC(=O)C2CC2)CCO3)c(C)n1. The van der Waals surface area contributed by atoms with Crippen molar-refractivity contribution in [3.8, 4) is 0 Å². The van der Waals surface area contributed by atoms with E-state index in [1.807, 2.05) is 4.68 Å². The molecule has 0 radical (unpaired) electrons. The van der Waals surface area contributed by atoms with Gasteiger partial charge in [-0.2, -0.15) is 5.10 Å². The number of aryl methyl sites for hydroxylation is 2. The number of carbonyl (C=O) groups excluding carboxylic acids is 1. The molecule has 1 saturated carbocycles. The zero-order chi connectivity index (χ0) is 19.6.